The average Bonchev–Trinajstić information content (AvgIpc) is 2.88. The first kappa shape index (κ1) is 12.4. The van der Waals surface area contributed by atoms with Gasteiger partial charge in [0.25, 0.3) is 0 Å². The van der Waals surface area contributed by atoms with Crippen molar-refractivity contribution in [3.63, 3.8) is 0 Å². The molecule has 0 spiro atoms. The molecule has 16 heavy (non-hydrogen) atoms. The predicted molar refractivity (Wildman–Crippen MR) is 72.3 cm³/mol. The summed E-state index contributed by atoms with van der Waals surface area (Å²) in [6.07, 6.45) is 6.91. The number of rotatable bonds is 5. The van der Waals surface area contributed by atoms with Gasteiger partial charge in [-0.2, -0.15) is 0 Å². The summed E-state index contributed by atoms with van der Waals surface area (Å²) in [6, 6.07) is 2.49. The summed E-state index contributed by atoms with van der Waals surface area (Å²) in [7, 11) is 0. The van der Waals surface area contributed by atoms with Gasteiger partial charge in [0, 0.05) is 10.9 Å². The second-order valence-electron chi connectivity index (χ2n) is 4.63. The van der Waals surface area contributed by atoms with E-state index < -0.39 is 0 Å². The van der Waals surface area contributed by atoms with Gasteiger partial charge in [-0.25, -0.2) is 0 Å². The van der Waals surface area contributed by atoms with Crippen LogP contribution in [0.2, 0.25) is 5.02 Å². The van der Waals surface area contributed by atoms with Crippen LogP contribution < -0.4 is 5.32 Å². The second kappa shape index (κ2) is 6.04. The molecule has 1 N–H and O–H groups in total. The lowest BCUT2D eigenvalue weighted by Crippen LogP contribution is -2.22. The lowest BCUT2D eigenvalue weighted by Gasteiger charge is -2.20. The van der Waals surface area contributed by atoms with Crippen molar-refractivity contribution >= 4 is 22.9 Å². The fraction of sp³-hybridized carbons (Fsp3) is 0.692. The summed E-state index contributed by atoms with van der Waals surface area (Å²) in [5.74, 6) is 0.905. The first-order valence-corrected chi connectivity index (χ1v) is 7.53. The van der Waals surface area contributed by atoms with Crippen molar-refractivity contribution in [2.45, 2.75) is 45.1 Å². The molecule has 3 heteroatoms. The Labute approximate surface area is 107 Å². The van der Waals surface area contributed by atoms with Crippen molar-refractivity contribution in [1.82, 2.24) is 5.32 Å². The zero-order chi connectivity index (χ0) is 11.4. The largest absolute Gasteiger partial charge is 0.309 e. The molecule has 1 aromatic rings. The molecule has 1 saturated carbocycles. The molecule has 1 atom stereocenters. The van der Waals surface area contributed by atoms with Gasteiger partial charge in [-0.1, -0.05) is 44.2 Å². The first-order chi connectivity index (χ1) is 7.81. The lowest BCUT2D eigenvalue weighted by atomic mass is 9.97. The SMILES string of the molecule is CCNC(CC1CCCC1)c1sccc1Cl. The van der Waals surface area contributed by atoms with E-state index in [2.05, 4.69) is 17.6 Å². The Bertz CT molecular complexity index is 317. The Morgan fingerprint density at radius 1 is 1.50 bits per heavy atom. The summed E-state index contributed by atoms with van der Waals surface area (Å²) in [5.41, 5.74) is 0. The van der Waals surface area contributed by atoms with Crippen LogP contribution in [0.4, 0.5) is 0 Å². The number of halogens is 1. The zero-order valence-corrected chi connectivity index (χ0v) is 11.4. The van der Waals surface area contributed by atoms with Crippen LogP contribution in [0, 0.1) is 5.92 Å². The molecule has 0 bridgehead atoms. The summed E-state index contributed by atoms with van der Waals surface area (Å²) in [4.78, 5) is 1.33. The van der Waals surface area contributed by atoms with Gasteiger partial charge in [0.1, 0.15) is 0 Å². The summed E-state index contributed by atoms with van der Waals surface area (Å²) in [5, 5.41) is 6.61. The molecule has 0 radical (unpaired) electrons. The van der Waals surface area contributed by atoms with Crippen molar-refractivity contribution in [3.05, 3.63) is 21.3 Å². The molecule has 0 aliphatic heterocycles. The van der Waals surface area contributed by atoms with E-state index >= 15 is 0 Å². The minimum atomic E-state index is 0.473. The molecule has 1 unspecified atom stereocenters. The summed E-state index contributed by atoms with van der Waals surface area (Å²) < 4.78 is 0. The van der Waals surface area contributed by atoms with Crippen molar-refractivity contribution in [2.75, 3.05) is 6.54 Å². The van der Waals surface area contributed by atoms with E-state index in [0.29, 0.717) is 6.04 Å². The number of nitrogens with one attached hydrogen (secondary N) is 1. The van der Waals surface area contributed by atoms with Crippen LogP contribution in [0.3, 0.4) is 0 Å². The van der Waals surface area contributed by atoms with E-state index in [1.54, 1.807) is 11.3 Å². The van der Waals surface area contributed by atoms with Crippen molar-refractivity contribution in [2.24, 2.45) is 5.92 Å². The molecule has 1 aromatic heterocycles. The molecule has 1 aliphatic rings. The van der Waals surface area contributed by atoms with Gasteiger partial charge in [-0.05, 0) is 30.3 Å². The Morgan fingerprint density at radius 2 is 2.25 bits per heavy atom. The van der Waals surface area contributed by atoms with E-state index in [9.17, 15) is 0 Å². The molecule has 1 fully saturated rings. The second-order valence-corrected chi connectivity index (χ2v) is 5.98. The fourth-order valence-corrected chi connectivity index (χ4v) is 3.94. The molecule has 0 saturated heterocycles. The average molecular weight is 258 g/mol. The van der Waals surface area contributed by atoms with Crippen LogP contribution in [0.5, 0.6) is 0 Å². The van der Waals surface area contributed by atoms with Gasteiger partial charge in [-0.15, -0.1) is 11.3 Å². The maximum absolute atomic E-state index is 6.23. The van der Waals surface area contributed by atoms with E-state index in [0.717, 1.165) is 17.5 Å². The standard InChI is InChI=1S/C13H20ClNS/c1-2-15-12(9-10-5-3-4-6-10)13-11(14)7-8-16-13/h7-8,10,12,15H,2-6,9H2,1H3. The normalized spacial score (nSPS) is 19.1. The Hall–Kier alpha value is -0.0500. The Kier molecular flexibility index (Phi) is 4.68. The quantitative estimate of drug-likeness (QED) is 0.811. The molecule has 90 valence electrons. The van der Waals surface area contributed by atoms with Crippen LogP contribution in [-0.4, -0.2) is 6.54 Å². The molecule has 1 aliphatic carbocycles. The van der Waals surface area contributed by atoms with Gasteiger partial charge in [0.15, 0.2) is 0 Å². The molecular weight excluding hydrogens is 238 g/mol. The van der Waals surface area contributed by atoms with Crippen LogP contribution in [0.25, 0.3) is 0 Å². The number of hydrogen-bond acceptors (Lipinski definition) is 2. The third kappa shape index (κ3) is 2.99. The van der Waals surface area contributed by atoms with Gasteiger partial charge in [0.2, 0.25) is 0 Å². The number of hydrogen-bond donors (Lipinski definition) is 1. The highest BCUT2D eigenvalue weighted by Gasteiger charge is 2.22. The van der Waals surface area contributed by atoms with Crippen molar-refractivity contribution in [1.29, 1.82) is 0 Å². The monoisotopic (exact) mass is 257 g/mol. The minimum Gasteiger partial charge on any atom is -0.309 e. The van der Waals surface area contributed by atoms with Gasteiger partial charge < -0.3 is 5.32 Å². The molecule has 1 heterocycles. The Balaban J connectivity index is 2.01. The molecular formula is C13H20ClNS. The highest BCUT2D eigenvalue weighted by atomic mass is 35.5. The molecule has 1 nitrogen and oxygen atoms in total. The predicted octanol–water partition coefficient (Wildman–Crippen LogP) is 4.63. The third-order valence-corrected chi connectivity index (χ3v) is 4.93. The zero-order valence-electron chi connectivity index (χ0n) is 9.84. The Morgan fingerprint density at radius 3 is 2.81 bits per heavy atom. The van der Waals surface area contributed by atoms with Gasteiger partial charge in [-0.3, -0.25) is 0 Å². The van der Waals surface area contributed by atoms with Crippen LogP contribution in [0.1, 0.15) is 49.9 Å². The van der Waals surface area contributed by atoms with Gasteiger partial charge >= 0.3 is 0 Å². The van der Waals surface area contributed by atoms with Crippen molar-refractivity contribution in [3.8, 4) is 0 Å². The highest BCUT2D eigenvalue weighted by molar-refractivity contribution is 7.10. The molecule has 0 amide bonds. The fourth-order valence-electron chi connectivity index (χ4n) is 2.66. The van der Waals surface area contributed by atoms with Gasteiger partial charge in [0.05, 0.1) is 5.02 Å². The smallest absolute Gasteiger partial charge is 0.0561 e. The maximum atomic E-state index is 6.23. The minimum absolute atomic E-state index is 0.473. The summed E-state index contributed by atoms with van der Waals surface area (Å²) >= 11 is 8.01. The molecule has 0 aromatic carbocycles. The lowest BCUT2D eigenvalue weighted by molar-refractivity contribution is 0.405. The highest BCUT2D eigenvalue weighted by Crippen LogP contribution is 2.37. The number of thiophene rings is 1. The first-order valence-electron chi connectivity index (χ1n) is 6.27. The van der Waals surface area contributed by atoms with Crippen LogP contribution >= 0.6 is 22.9 Å². The maximum Gasteiger partial charge on any atom is 0.0561 e. The van der Waals surface area contributed by atoms with Crippen molar-refractivity contribution < 1.29 is 0 Å². The van der Waals surface area contributed by atoms with E-state index in [1.807, 2.05) is 6.07 Å². The van der Waals surface area contributed by atoms with E-state index in [4.69, 9.17) is 11.6 Å². The summed E-state index contributed by atoms with van der Waals surface area (Å²) in [6.45, 7) is 3.19. The van der Waals surface area contributed by atoms with E-state index in [1.165, 1.54) is 37.0 Å². The molecule has 2 rings (SSSR count). The third-order valence-electron chi connectivity index (χ3n) is 3.46. The van der Waals surface area contributed by atoms with Crippen LogP contribution in [0.15, 0.2) is 11.4 Å². The van der Waals surface area contributed by atoms with Crippen LogP contribution in [-0.2, 0) is 0 Å². The van der Waals surface area contributed by atoms with E-state index in [-0.39, 0.29) is 0 Å². The topological polar surface area (TPSA) is 12.0 Å².